The van der Waals surface area contributed by atoms with Crippen molar-refractivity contribution in [1.82, 2.24) is 19.6 Å². The van der Waals surface area contributed by atoms with Crippen LogP contribution in [0.4, 0.5) is 9.52 Å². The average molecular weight is 637 g/mol. The number of fused-ring (bicyclic) bond motifs is 1. The van der Waals surface area contributed by atoms with Crippen LogP contribution in [0.2, 0.25) is 0 Å². The standard InChI is InChI=1S/C28H19BrFN5O3S2/c1-15-22(34-12-3-2-7-20(34)31-15)24(36)21-23(17-5-4-6-18(29)13-17)35(26(38)25(21)37)27-32-33-28(40-27)39-14-16-8-10-19(30)11-9-16/h2-13,23,36H,14H2,1H3/b24-21+. The molecule has 1 aliphatic rings. The predicted molar refractivity (Wildman–Crippen MR) is 155 cm³/mol. The molecular formula is C28H19BrFN5O3S2. The minimum atomic E-state index is -0.950. The number of hydrogen-bond donors (Lipinski definition) is 1. The van der Waals surface area contributed by atoms with E-state index in [1.54, 1.807) is 60.0 Å². The Morgan fingerprint density at radius 3 is 2.67 bits per heavy atom. The fourth-order valence-corrected chi connectivity index (χ4v) is 6.87. The number of pyridine rings is 1. The lowest BCUT2D eigenvalue weighted by Gasteiger charge is -2.22. The number of aromatic nitrogens is 4. The molecule has 5 aromatic rings. The third kappa shape index (κ3) is 4.72. The molecular weight excluding hydrogens is 617 g/mol. The molecule has 4 heterocycles. The number of aryl methyl sites for hydroxylation is 1. The maximum absolute atomic E-state index is 13.6. The van der Waals surface area contributed by atoms with E-state index in [0.717, 1.165) is 21.4 Å². The highest BCUT2D eigenvalue weighted by molar-refractivity contribution is 9.10. The first-order chi connectivity index (χ1) is 19.3. The van der Waals surface area contributed by atoms with Crippen molar-refractivity contribution >= 4 is 67.3 Å². The Balaban J connectivity index is 1.43. The van der Waals surface area contributed by atoms with Gasteiger partial charge in [0.2, 0.25) is 5.13 Å². The molecule has 200 valence electrons. The smallest absolute Gasteiger partial charge is 0.301 e. The molecule has 12 heteroatoms. The van der Waals surface area contributed by atoms with Crippen molar-refractivity contribution in [3.63, 3.8) is 0 Å². The summed E-state index contributed by atoms with van der Waals surface area (Å²) in [6.45, 7) is 1.74. The number of halogens is 2. The van der Waals surface area contributed by atoms with Crippen molar-refractivity contribution in [3.05, 3.63) is 111 Å². The summed E-state index contributed by atoms with van der Waals surface area (Å²) in [6.07, 6.45) is 1.74. The molecule has 1 saturated heterocycles. The number of aliphatic hydroxyl groups excluding tert-OH is 1. The molecule has 40 heavy (non-hydrogen) atoms. The number of carbonyl (C=O) groups is 2. The van der Waals surface area contributed by atoms with Gasteiger partial charge in [0.15, 0.2) is 10.1 Å². The molecule has 0 spiro atoms. The Hall–Kier alpha value is -3.87. The van der Waals surface area contributed by atoms with Crippen molar-refractivity contribution in [2.75, 3.05) is 4.90 Å². The highest BCUT2D eigenvalue weighted by Gasteiger charge is 2.49. The highest BCUT2D eigenvalue weighted by Crippen LogP contribution is 2.44. The number of thioether (sulfide) groups is 1. The number of anilines is 1. The van der Waals surface area contributed by atoms with Crippen molar-refractivity contribution in [3.8, 4) is 0 Å². The maximum Gasteiger partial charge on any atom is 0.301 e. The number of amides is 1. The second-order valence-corrected chi connectivity index (χ2v) is 12.1. The molecule has 2 aromatic carbocycles. The van der Waals surface area contributed by atoms with Crippen molar-refractivity contribution in [2.45, 2.75) is 23.1 Å². The van der Waals surface area contributed by atoms with Gasteiger partial charge in [-0.3, -0.25) is 18.9 Å². The first-order valence-corrected chi connectivity index (χ1v) is 14.6. The van der Waals surface area contributed by atoms with Crippen LogP contribution in [0, 0.1) is 12.7 Å². The van der Waals surface area contributed by atoms with Gasteiger partial charge in [-0.15, -0.1) is 10.2 Å². The van der Waals surface area contributed by atoms with Gasteiger partial charge in [0, 0.05) is 16.4 Å². The van der Waals surface area contributed by atoms with Crippen LogP contribution in [-0.2, 0) is 15.3 Å². The van der Waals surface area contributed by atoms with Gasteiger partial charge < -0.3 is 5.11 Å². The zero-order chi connectivity index (χ0) is 28.0. The molecule has 0 aliphatic carbocycles. The third-order valence-electron chi connectivity index (χ3n) is 6.41. The lowest BCUT2D eigenvalue weighted by Crippen LogP contribution is -2.29. The van der Waals surface area contributed by atoms with E-state index in [4.69, 9.17) is 0 Å². The quantitative estimate of drug-likeness (QED) is 0.0766. The van der Waals surface area contributed by atoms with E-state index in [2.05, 4.69) is 31.1 Å². The highest BCUT2D eigenvalue weighted by atomic mass is 79.9. The summed E-state index contributed by atoms with van der Waals surface area (Å²) < 4.78 is 16.3. The van der Waals surface area contributed by atoms with Gasteiger partial charge >= 0.3 is 5.91 Å². The van der Waals surface area contributed by atoms with E-state index in [1.165, 1.54) is 28.8 Å². The Kier molecular flexibility index (Phi) is 6.99. The zero-order valence-electron chi connectivity index (χ0n) is 20.8. The van der Waals surface area contributed by atoms with Crippen LogP contribution in [0.3, 0.4) is 0 Å². The van der Waals surface area contributed by atoms with Crippen molar-refractivity contribution in [2.24, 2.45) is 0 Å². The van der Waals surface area contributed by atoms with Gasteiger partial charge in [-0.1, -0.05) is 69.4 Å². The Bertz CT molecular complexity index is 1820. The van der Waals surface area contributed by atoms with E-state index in [1.807, 2.05) is 12.1 Å². The SMILES string of the molecule is Cc1nc2ccccn2c1/C(O)=C1\C(=O)C(=O)N(c2nnc(SCc3ccc(F)cc3)s2)C1c1cccc(Br)c1. The molecule has 1 atom stereocenters. The Morgan fingerprint density at radius 2 is 1.90 bits per heavy atom. The number of Topliss-reactive ketones (excluding diaryl/α,β-unsaturated/α-hetero) is 1. The van der Waals surface area contributed by atoms with Crippen LogP contribution in [0.1, 0.15) is 28.6 Å². The molecule has 6 rings (SSSR count). The fraction of sp³-hybridized carbons (Fsp3) is 0.107. The number of rotatable bonds is 6. The minimum absolute atomic E-state index is 0.0624. The second kappa shape index (κ2) is 10.6. The molecule has 1 fully saturated rings. The first kappa shape index (κ1) is 26.4. The van der Waals surface area contributed by atoms with E-state index < -0.39 is 17.7 Å². The summed E-state index contributed by atoms with van der Waals surface area (Å²) >= 11 is 6.03. The number of hydrogen-bond acceptors (Lipinski definition) is 8. The number of nitrogens with zero attached hydrogens (tertiary/aromatic N) is 5. The summed E-state index contributed by atoms with van der Waals surface area (Å²) in [5, 5.41) is 20.3. The van der Waals surface area contributed by atoms with E-state index in [9.17, 15) is 19.1 Å². The van der Waals surface area contributed by atoms with Gasteiger partial charge in [-0.2, -0.15) is 0 Å². The van der Waals surface area contributed by atoms with Gasteiger partial charge in [-0.05, 0) is 54.4 Å². The molecule has 1 aliphatic heterocycles. The molecule has 0 bridgehead atoms. The first-order valence-electron chi connectivity index (χ1n) is 12.0. The number of aliphatic hydroxyl groups is 1. The maximum atomic E-state index is 13.6. The summed E-state index contributed by atoms with van der Waals surface area (Å²) in [7, 11) is 0. The topological polar surface area (TPSA) is 101 Å². The fourth-order valence-electron chi connectivity index (χ4n) is 4.63. The summed E-state index contributed by atoms with van der Waals surface area (Å²) in [5.41, 5.74) is 2.90. The van der Waals surface area contributed by atoms with Crippen LogP contribution in [0.15, 0.2) is 87.3 Å². The molecule has 1 N–H and O–H groups in total. The molecule has 8 nitrogen and oxygen atoms in total. The second-order valence-electron chi connectivity index (χ2n) is 8.96. The van der Waals surface area contributed by atoms with Crippen LogP contribution in [-0.4, -0.2) is 36.4 Å². The van der Waals surface area contributed by atoms with Crippen molar-refractivity contribution < 1.29 is 19.1 Å². The van der Waals surface area contributed by atoms with Gasteiger partial charge in [0.25, 0.3) is 5.78 Å². The zero-order valence-corrected chi connectivity index (χ0v) is 24.0. The van der Waals surface area contributed by atoms with E-state index in [-0.39, 0.29) is 22.3 Å². The number of imidazole rings is 1. The van der Waals surface area contributed by atoms with Crippen LogP contribution >= 0.6 is 39.0 Å². The number of benzene rings is 2. The predicted octanol–water partition coefficient (Wildman–Crippen LogP) is 6.31. The Labute approximate surface area is 244 Å². The molecule has 0 saturated carbocycles. The molecule has 1 unspecified atom stereocenters. The normalized spacial score (nSPS) is 16.8. The van der Waals surface area contributed by atoms with E-state index in [0.29, 0.717) is 32.7 Å². The lowest BCUT2D eigenvalue weighted by atomic mass is 9.96. The third-order valence-corrected chi connectivity index (χ3v) is 9.04. The average Bonchev–Trinajstić information content (AvgIpc) is 3.62. The number of ketones is 1. The largest absolute Gasteiger partial charge is 0.505 e. The van der Waals surface area contributed by atoms with E-state index >= 15 is 0 Å². The van der Waals surface area contributed by atoms with Gasteiger partial charge in [0.1, 0.15) is 17.2 Å². The monoisotopic (exact) mass is 635 g/mol. The summed E-state index contributed by atoms with van der Waals surface area (Å²) in [5.74, 6) is -1.75. The van der Waals surface area contributed by atoms with Crippen LogP contribution < -0.4 is 4.90 Å². The number of carbonyl (C=O) groups excluding carboxylic acids is 2. The van der Waals surface area contributed by atoms with Crippen LogP contribution in [0.5, 0.6) is 0 Å². The molecule has 0 radical (unpaired) electrons. The summed E-state index contributed by atoms with van der Waals surface area (Å²) in [4.78, 5) is 32.9. The van der Waals surface area contributed by atoms with Crippen LogP contribution in [0.25, 0.3) is 11.4 Å². The lowest BCUT2D eigenvalue weighted by molar-refractivity contribution is -0.132. The minimum Gasteiger partial charge on any atom is -0.505 e. The molecule has 1 amide bonds. The van der Waals surface area contributed by atoms with Crippen molar-refractivity contribution in [1.29, 1.82) is 0 Å². The van der Waals surface area contributed by atoms with Gasteiger partial charge in [0.05, 0.1) is 17.3 Å². The van der Waals surface area contributed by atoms with Gasteiger partial charge in [-0.25, -0.2) is 9.37 Å². The Morgan fingerprint density at radius 1 is 1.10 bits per heavy atom. The molecule has 3 aromatic heterocycles. The summed E-state index contributed by atoms with van der Waals surface area (Å²) in [6, 6.07) is 17.8.